The Labute approximate surface area is 343 Å². The monoisotopic (exact) mass is 799 g/mol. The van der Waals surface area contributed by atoms with Crippen molar-refractivity contribution in [2.45, 2.75) is 161 Å². The molecule has 2 heterocycles. The summed E-state index contributed by atoms with van der Waals surface area (Å²) in [6.07, 6.45) is 28.7. The number of rotatable bonds is 29. The highest BCUT2D eigenvalue weighted by Crippen LogP contribution is 2.34. The summed E-state index contributed by atoms with van der Waals surface area (Å²) >= 11 is 12.7. The molecule has 308 valence electrons. The van der Waals surface area contributed by atoms with Gasteiger partial charge in [-0.1, -0.05) is 158 Å². The molecule has 0 aliphatic carbocycles. The summed E-state index contributed by atoms with van der Waals surface area (Å²) < 4.78 is 11.7. The number of nitrogens with zero attached hydrogens (tertiary/aromatic N) is 3. The summed E-state index contributed by atoms with van der Waals surface area (Å²) in [5.74, 6) is 0.499. The van der Waals surface area contributed by atoms with Gasteiger partial charge in [0.2, 0.25) is 5.91 Å². The van der Waals surface area contributed by atoms with Crippen LogP contribution in [0.1, 0.15) is 160 Å². The SMILES string of the molecule is CCCCCCCCCCCCCCCCCCCCCC(=O)OCN1C(=O)CCc2ccc(OCCCCN3CCN(c4cccc(Cl)c4Cl)CC3)cc21. The zero-order valence-corrected chi connectivity index (χ0v) is 35.6. The lowest BCUT2D eigenvalue weighted by Gasteiger charge is -2.36. The zero-order valence-electron chi connectivity index (χ0n) is 34.1. The largest absolute Gasteiger partial charge is 0.494 e. The lowest BCUT2D eigenvalue weighted by molar-refractivity contribution is -0.144. The highest BCUT2D eigenvalue weighted by atomic mass is 35.5. The van der Waals surface area contributed by atoms with Gasteiger partial charge in [0.25, 0.3) is 0 Å². The fraction of sp³-hybridized carbons (Fsp3) is 0.696. The van der Waals surface area contributed by atoms with Gasteiger partial charge in [-0.15, -0.1) is 0 Å². The van der Waals surface area contributed by atoms with Crippen LogP contribution in [-0.4, -0.2) is 62.8 Å². The van der Waals surface area contributed by atoms with E-state index in [1.807, 2.05) is 36.4 Å². The van der Waals surface area contributed by atoms with Crippen LogP contribution < -0.4 is 14.5 Å². The maximum absolute atomic E-state index is 12.9. The molecule has 0 bridgehead atoms. The Hall–Kier alpha value is -2.48. The van der Waals surface area contributed by atoms with E-state index in [4.69, 9.17) is 32.7 Å². The van der Waals surface area contributed by atoms with Crippen LogP contribution in [0.5, 0.6) is 5.75 Å². The standard InChI is InChI=1S/C46H71Cl2N3O4/c1-2-3-4-5-6-7-8-9-10-11-12-13-14-15-16-17-18-19-20-26-45(53)55-38-51-43-37-40(29-27-39(43)28-30-44(51)52)54-36-22-21-31-49-32-34-50(35-33-49)42-25-23-24-41(47)46(42)48/h23-25,27,29,37H,2-22,26,28,30-36,38H2,1H3. The first-order chi connectivity index (χ1) is 27.0. The van der Waals surface area contributed by atoms with Crippen molar-refractivity contribution < 1.29 is 19.1 Å². The van der Waals surface area contributed by atoms with Crippen molar-refractivity contribution in [3.05, 3.63) is 52.0 Å². The smallest absolute Gasteiger partial charge is 0.307 e. The summed E-state index contributed by atoms with van der Waals surface area (Å²) in [5.41, 5.74) is 2.89. The number of fused-ring (bicyclic) bond motifs is 1. The van der Waals surface area contributed by atoms with Crippen LogP contribution in [0.2, 0.25) is 10.0 Å². The molecular weight excluding hydrogens is 729 g/mol. The maximum atomic E-state index is 12.9. The number of benzene rings is 2. The molecule has 0 unspecified atom stereocenters. The van der Waals surface area contributed by atoms with Gasteiger partial charge >= 0.3 is 5.97 Å². The Balaban J connectivity index is 0.996. The second-order valence-electron chi connectivity index (χ2n) is 15.8. The van der Waals surface area contributed by atoms with Gasteiger partial charge in [0.15, 0.2) is 6.73 Å². The Bertz CT molecular complexity index is 1380. The molecule has 2 aromatic carbocycles. The van der Waals surface area contributed by atoms with Crippen LogP contribution in [0.4, 0.5) is 11.4 Å². The van der Waals surface area contributed by atoms with E-state index >= 15 is 0 Å². The lowest BCUT2D eigenvalue weighted by Crippen LogP contribution is -2.46. The van der Waals surface area contributed by atoms with Gasteiger partial charge < -0.3 is 14.4 Å². The zero-order chi connectivity index (χ0) is 38.9. The van der Waals surface area contributed by atoms with Gasteiger partial charge in [-0.2, -0.15) is 0 Å². The van der Waals surface area contributed by atoms with Crippen LogP contribution in [0.15, 0.2) is 36.4 Å². The summed E-state index contributed by atoms with van der Waals surface area (Å²) in [4.78, 5) is 31.9. The summed E-state index contributed by atoms with van der Waals surface area (Å²) in [6, 6.07) is 11.8. The number of esters is 1. The van der Waals surface area contributed by atoms with Crippen molar-refractivity contribution in [1.82, 2.24) is 4.90 Å². The first-order valence-electron chi connectivity index (χ1n) is 22.1. The van der Waals surface area contributed by atoms with Gasteiger partial charge in [0.05, 0.1) is 28.0 Å². The van der Waals surface area contributed by atoms with Crippen LogP contribution in [0, 0.1) is 0 Å². The summed E-state index contributed by atoms with van der Waals surface area (Å²) in [7, 11) is 0. The second-order valence-corrected chi connectivity index (χ2v) is 16.6. The predicted molar refractivity (Wildman–Crippen MR) is 231 cm³/mol. The van der Waals surface area contributed by atoms with Crippen molar-refractivity contribution in [3.8, 4) is 5.75 Å². The molecule has 2 aromatic rings. The number of ether oxygens (including phenoxy) is 2. The quantitative estimate of drug-likeness (QED) is 0.0603. The van der Waals surface area contributed by atoms with Gasteiger partial charge in [0, 0.05) is 45.1 Å². The maximum Gasteiger partial charge on any atom is 0.307 e. The molecule has 1 fully saturated rings. The van der Waals surface area contributed by atoms with E-state index in [0.29, 0.717) is 35.9 Å². The second kappa shape index (κ2) is 27.2. The molecule has 4 rings (SSSR count). The van der Waals surface area contributed by atoms with Gasteiger partial charge in [-0.05, 0) is 56.0 Å². The average Bonchev–Trinajstić information content (AvgIpc) is 3.19. The average molecular weight is 801 g/mol. The number of carbonyl (C=O) groups is 2. The molecule has 0 saturated carbocycles. The van der Waals surface area contributed by atoms with Crippen LogP contribution >= 0.6 is 23.2 Å². The number of aryl methyl sites for hydroxylation is 1. The first kappa shape index (κ1) is 45.2. The number of anilines is 2. The number of amides is 1. The van der Waals surface area contributed by atoms with E-state index in [1.165, 1.54) is 109 Å². The van der Waals surface area contributed by atoms with E-state index in [1.54, 1.807) is 4.90 Å². The third kappa shape index (κ3) is 17.3. The Morgan fingerprint density at radius 2 is 1.27 bits per heavy atom. The summed E-state index contributed by atoms with van der Waals surface area (Å²) in [6.45, 7) is 7.71. The normalized spacial score (nSPS) is 14.7. The highest BCUT2D eigenvalue weighted by Gasteiger charge is 2.26. The number of hydrogen-bond donors (Lipinski definition) is 0. The number of hydrogen-bond acceptors (Lipinski definition) is 6. The van der Waals surface area contributed by atoms with Crippen molar-refractivity contribution >= 4 is 46.5 Å². The molecule has 1 amide bonds. The molecular formula is C46H71Cl2N3O4. The van der Waals surface area contributed by atoms with Crippen molar-refractivity contribution in [3.63, 3.8) is 0 Å². The first-order valence-corrected chi connectivity index (χ1v) is 22.8. The van der Waals surface area contributed by atoms with Crippen LogP contribution in [0.3, 0.4) is 0 Å². The van der Waals surface area contributed by atoms with Gasteiger partial charge in [-0.3, -0.25) is 19.4 Å². The van der Waals surface area contributed by atoms with Crippen molar-refractivity contribution in [2.75, 3.05) is 55.9 Å². The highest BCUT2D eigenvalue weighted by molar-refractivity contribution is 6.43. The Kier molecular flexibility index (Phi) is 22.4. The molecule has 2 aliphatic rings. The fourth-order valence-electron chi connectivity index (χ4n) is 7.88. The fourth-order valence-corrected chi connectivity index (χ4v) is 8.30. The molecule has 7 nitrogen and oxygen atoms in total. The van der Waals surface area contributed by atoms with Gasteiger partial charge in [-0.25, -0.2) is 0 Å². The third-order valence-electron chi connectivity index (χ3n) is 11.4. The minimum Gasteiger partial charge on any atom is -0.494 e. The number of carbonyl (C=O) groups excluding carboxylic acids is 2. The van der Waals surface area contributed by atoms with E-state index in [-0.39, 0.29) is 18.6 Å². The molecule has 0 atom stereocenters. The Morgan fingerprint density at radius 1 is 0.673 bits per heavy atom. The number of piperazine rings is 1. The lowest BCUT2D eigenvalue weighted by atomic mass is 10.0. The van der Waals surface area contributed by atoms with Crippen LogP contribution in [0.25, 0.3) is 0 Å². The number of halogens is 2. The van der Waals surface area contributed by atoms with Crippen molar-refractivity contribution in [2.24, 2.45) is 0 Å². The van der Waals surface area contributed by atoms with E-state index in [9.17, 15) is 9.59 Å². The van der Waals surface area contributed by atoms with Crippen LogP contribution in [-0.2, 0) is 20.7 Å². The van der Waals surface area contributed by atoms with Gasteiger partial charge in [0.1, 0.15) is 5.75 Å². The Morgan fingerprint density at radius 3 is 1.89 bits per heavy atom. The molecule has 2 aliphatic heterocycles. The molecule has 0 aromatic heterocycles. The molecule has 1 saturated heterocycles. The molecule has 0 N–H and O–H groups in total. The number of unbranched alkanes of at least 4 members (excludes halogenated alkanes) is 19. The minimum absolute atomic E-state index is 0.0151. The molecule has 9 heteroatoms. The van der Waals surface area contributed by atoms with Crippen molar-refractivity contribution in [1.29, 1.82) is 0 Å². The van der Waals surface area contributed by atoms with E-state index < -0.39 is 0 Å². The van der Waals surface area contributed by atoms with E-state index in [2.05, 4.69) is 16.7 Å². The summed E-state index contributed by atoms with van der Waals surface area (Å²) in [5, 5.41) is 1.23. The minimum atomic E-state index is -0.228. The molecule has 0 radical (unpaired) electrons. The van der Waals surface area contributed by atoms with E-state index in [0.717, 1.165) is 81.1 Å². The predicted octanol–water partition coefficient (Wildman–Crippen LogP) is 12.6. The molecule has 55 heavy (non-hydrogen) atoms. The molecule has 0 spiro atoms. The topological polar surface area (TPSA) is 62.3 Å². The third-order valence-corrected chi connectivity index (χ3v) is 12.2.